The molecule has 0 radical (unpaired) electrons. The molecule has 0 N–H and O–H groups in total. The fraction of sp³-hybridized carbons (Fsp3) is 0.176. The summed E-state index contributed by atoms with van der Waals surface area (Å²) in [6.07, 6.45) is 1.90. The van der Waals surface area contributed by atoms with Crippen LogP contribution in [0, 0.1) is 25.7 Å². The molecule has 0 amide bonds. The van der Waals surface area contributed by atoms with Gasteiger partial charge in [0, 0.05) is 61.3 Å². The van der Waals surface area contributed by atoms with Crippen LogP contribution >= 0.6 is 0 Å². The molecule has 1 aliphatic heterocycles. The number of nitrogens with zero attached hydrogens (tertiary/aromatic N) is 4. The van der Waals surface area contributed by atoms with Gasteiger partial charge in [0.05, 0.1) is 0 Å². The van der Waals surface area contributed by atoms with E-state index in [-0.39, 0.29) is 31.9 Å². The molecule has 6 aromatic carbocycles. The fourth-order valence-corrected chi connectivity index (χ4v) is 7.69. The molecule has 0 bridgehead atoms. The Hall–Kier alpha value is -5.64. The molecule has 0 saturated carbocycles. The number of para-hydroxylation sites is 3. The maximum absolute atomic E-state index is 6.76. The van der Waals surface area contributed by atoms with Gasteiger partial charge in [0.1, 0.15) is 5.82 Å². The topological polar surface area (TPSA) is 33.5 Å². The Morgan fingerprint density at radius 3 is 2.05 bits per heavy atom. The minimum Gasteiger partial charge on any atom is -0.509 e. The van der Waals surface area contributed by atoms with Gasteiger partial charge in [-0.1, -0.05) is 114 Å². The standard InChI is InChI=1S/C51H45N4O.Pt/c1-34-27-38(21-23-42(34)35-15-9-8-10-16-35)53-33-54(47-20-14-13-19-46(47)53)39-28-37(51(5,6)7)29-41(31-39)56-40-22-24-44-43-17-11-12-18-45(43)55(48(44)32-40)49-30-36(25-26-52-49)50(2,3)4;/h8-30,33H,1-7H3;/q-3;. The second-order valence-electron chi connectivity index (χ2n) is 16.8. The first kappa shape index (κ1) is 38.2. The SMILES string of the molecule is Cc1cc(N2[CH-]N(c3[c-]c(Oc4[c-]c5c(cc4)c4ccccc4n5-c4cc(C(C)(C)C)ccn4)cc(C(C)(C)C)c3)c3ccccc32)ccc1-c1ccccc1.[Pt]. The van der Waals surface area contributed by atoms with Crippen molar-refractivity contribution in [2.24, 2.45) is 0 Å². The van der Waals surface area contributed by atoms with E-state index in [2.05, 4.69) is 209 Å². The zero-order valence-corrected chi connectivity index (χ0v) is 35.6. The van der Waals surface area contributed by atoms with Gasteiger partial charge in [-0.05, 0) is 87.9 Å². The van der Waals surface area contributed by atoms with Gasteiger partial charge < -0.3 is 19.1 Å². The molecule has 0 spiro atoms. The van der Waals surface area contributed by atoms with E-state index < -0.39 is 0 Å². The average Bonchev–Trinajstić information content (AvgIpc) is 3.74. The number of hydrogen-bond acceptors (Lipinski definition) is 4. The van der Waals surface area contributed by atoms with Gasteiger partial charge in [-0.2, -0.15) is 6.07 Å². The number of ether oxygens (including phenoxy) is 1. The number of rotatable bonds is 6. The molecule has 288 valence electrons. The van der Waals surface area contributed by atoms with E-state index in [1.807, 2.05) is 12.3 Å². The van der Waals surface area contributed by atoms with E-state index in [9.17, 15) is 0 Å². The summed E-state index contributed by atoms with van der Waals surface area (Å²) >= 11 is 0. The Kier molecular flexibility index (Phi) is 9.86. The van der Waals surface area contributed by atoms with Crippen LogP contribution in [0.4, 0.5) is 22.7 Å². The van der Waals surface area contributed by atoms with Crippen molar-refractivity contribution in [3.63, 3.8) is 0 Å². The Morgan fingerprint density at radius 1 is 0.614 bits per heavy atom. The smallest absolute Gasteiger partial charge is 0.135 e. The molecular weight excluding hydrogens is 880 g/mol. The summed E-state index contributed by atoms with van der Waals surface area (Å²) in [5, 5.41) is 2.24. The van der Waals surface area contributed by atoms with Crippen LogP contribution in [0.25, 0.3) is 38.8 Å². The van der Waals surface area contributed by atoms with Crippen LogP contribution in [-0.4, -0.2) is 9.55 Å². The first-order valence-corrected chi connectivity index (χ1v) is 19.3. The van der Waals surface area contributed by atoms with Gasteiger partial charge in [-0.15, -0.1) is 53.6 Å². The van der Waals surface area contributed by atoms with Gasteiger partial charge >= 0.3 is 0 Å². The predicted octanol–water partition coefficient (Wildman–Crippen LogP) is 13.5. The predicted molar refractivity (Wildman–Crippen MR) is 232 cm³/mol. The largest absolute Gasteiger partial charge is 0.509 e. The van der Waals surface area contributed by atoms with Crippen molar-refractivity contribution in [3.8, 4) is 28.4 Å². The molecule has 0 fully saturated rings. The van der Waals surface area contributed by atoms with E-state index in [0.29, 0.717) is 11.5 Å². The van der Waals surface area contributed by atoms with Crippen molar-refractivity contribution >= 4 is 44.6 Å². The molecule has 57 heavy (non-hydrogen) atoms. The molecule has 1 aliphatic rings. The summed E-state index contributed by atoms with van der Waals surface area (Å²) < 4.78 is 8.96. The quantitative estimate of drug-likeness (QED) is 0.156. The van der Waals surface area contributed by atoms with Crippen molar-refractivity contribution < 1.29 is 25.8 Å². The summed E-state index contributed by atoms with van der Waals surface area (Å²) in [7, 11) is 0. The van der Waals surface area contributed by atoms with Gasteiger partial charge in [-0.3, -0.25) is 0 Å². The van der Waals surface area contributed by atoms with Gasteiger partial charge in [-0.25, -0.2) is 4.98 Å². The third kappa shape index (κ3) is 7.15. The molecule has 0 saturated heterocycles. The van der Waals surface area contributed by atoms with Crippen LogP contribution in [0.5, 0.6) is 11.5 Å². The van der Waals surface area contributed by atoms with Crippen LogP contribution in [0.1, 0.15) is 58.2 Å². The van der Waals surface area contributed by atoms with Crippen LogP contribution < -0.4 is 14.5 Å². The summed E-state index contributed by atoms with van der Waals surface area (Å²) in [5.74, 6) is 2.10. The summed E-state index contributed by atoms with van der Waals surface area (Å²) in [4.78, 5) is 9.34. The fourth-order valence-electron chi connectivity index (χ4n) is 7.69. The van der Waals surface area contributed by atoms with Crippen molar-refractivity contribution in [1.29, 1.82) is 0 Å². The molecular formula is C51H45N4OPt-3. The first-order chi connectivity index (χ1) is 26.9. The maximum atomic E-state index is 6.76. The number of anilines is 4. The zero-order valence-electron chi connectivity index (χ0n) is 33.4. The average molecular weight is 925 g/mol. The Bertz CT molecular complexity index is 2760. The monoisotopic (exact) mass is 924 g/mol. The molecule has 0 aliphatic carbocycles. The number of fused-ring (bicyclic) bond motifs is 4. The van der Waals surface area contributed by atoms with Gasteiger partial charge in [0.2, 0.25) is 0 Å². The Balaban J connectivity index is 0.00000455. The molecule has 0 atom stereocenters. The molecule has 2 aromatic heterocycles. The third-order valence-corrected chi connectivity index (χ3v) is 10.8. The maximum Gasteiger partial charge on any atom is 0.135 e. The van der Waals surface area contributed by atoms with E-state index in [0.717, 1.165) is 55.9 Å². The van der Waals surface area contributed by atoms with E-state index >= 15 is 0 Å². The van der Waals surface area contributed by atoms with Crippen LogP contribution in [-0.2, 0) is 31.9 Å². The molecule has 6 heteroatoms. The van der Waals surface area contributed by atoms with Crippen LogP contribution in [0.2, 0.25) is 0 Å². The number of aromatic nitrogens is 2. The second-order valence-corrected chi connectivity index (χ2v) is 16.8. The summed E-state index contributed by atoms with van der Waals surface area (Å²) in [5.41, 5.74) is 12.1. The molecule has 8 aromatic rings. The molecule has 9 rings (SSSR count). The Morgan fingerprint density at radius 2 is 1.32 bits per heavy atom. The Labute approximate surface area is 350 Å². The van der Waals surface area contributed by atoms with Crippen LogP contribution in [0.3, 0.4) is 0 Å². The van der Waals surface area contributed by atoms with Crippen molar-refractivity contribution in [1.82, 2.24) is 9.55 Å². The number of hydrogen-bond donors (Lipinski definition) is 0. The van der Waals surface area contributed by atoms with Crippen molar-refractivity contribution in [2.75, 3.05) is 9.80 Å². The normalized spacial score (nSPS) is 12.9. The molecule has 5 nitrogen and oxygen atoms in total. The summed E-state index contributed by atoms with van der Waals surface area (Å²) in [6.45, 7) is 17.7. The van der Waals surface area contributed by atoms with Gasteiger partial charge in [0.25, 0.3) is 0 Å². The van der Waals surface area contributed by atoms with E-state index in [1.54, 1.807) is 0 Å². The van der Waals surface area contributed by atoms with Gasteiger partial charge in [0.15, 0.2) is 0 Å². The van der Waals surface area contributed by atoms with E-state index in [4.69, 9.17) is 9.72 Å². The van der Waals surface area contributed by atoms with Crippen molar-refractivity contribution in [3.05, 3.63) is 175 Å². The second kappa shape index (κ2) is 14.7. The molecule has 3 heterocycles. The minimum atomic E-state index is -0.144. The number of pyridine rings is 1. The zero-order chi connectivity index (χ0) is 38.8. The summed E-state index contributed by atoms with van der Waals surface area (Å²) in [6, 6.07) is 54.3. The molecule has 0 unspecified atom stereocenters. The van der Waals surface area contributed by atoms with Crippen molar-refractivity contribution in [2.45, 2.75) is 59.3 Å². The first-order valence-electron chi connectivity index (χ1n) is 19.3. The number of benzene rings is 6. The van der Waals surface area contributed by atoms with Crippen LogP contribution in [0.15, 0.2) is 140 Å². The third-order valence-electron chi connectivity index (χ3n) is 10.8. The van der Waals surface area contributed by atoms with E-state index in [1.165, 1.54) is 22.3 Å². The number of aryl methyl sites for hydroxylation is 1. The minimum absolute atomic E-state index is 0.